The molecule has 90 valence electrons. The molecule has 0 radical (unpaired) electrons. The molecule has 0 atom stereocenters. The smallest absolute Gasteiger partial charge is 0.211 e. The molecule has 0 spiro atoms. The summed E-state index contributed by atoms with van der Waals surface area (Å²) in [5.41, 5.74) is 0. The quantitative estimate of drug-likeness (QED) is 0.597. The lowest BCUT2D eigenvalue weighted by molar-refractivity contribution is 0.0453. The molecular formula is C9H19NO4S. The van der Waals surface area contributed by atoms with Gasteiger partial charge in [-0.25, -0.2) is 13.1 Å². The Morgan fingerprint density at radius 1 is 1.47 bits per heavy atom. The lowest BCUT2D eigenvalue weighted by atomic mass is 9.83. The SMILES string of the molecule is COCCCS(=O)(=O)NCC1CC(O)C1. The van der Waals surface area contributed by atoms with E-state index < -0.39 is 10.0 Å². The van der Waals surface area contributed by atoms with E-state index in [1.54, 1.807) is 7.11 Å². The van der Waals surface area contributed by atoms with Gasteiger partial charge in [0.25, 0.3) is 0 Å². The molecule has 15 heavy (non-hydrogen) atoms. The molecule has 1 saturated carbocycles. The normalized spacial score (nSPS) is 26.3. The molecule has 0 aliphatic heterocycles. The van der Waals surface area contributed by atoms with Crippen molar-refractivity contribution in [1.82, 2.24) is 4.72 Å². The molecule has 6 heteroatoms. The first kappa shape index (κ1) is 12.9. The molecule has 0 aromatic heterocycles. The summed E-state index contributed by atoms with van der Waals surface area (Å²) in [6.07, 6.45) is 1.70. The van der Waals surface area contributed by atoms with Crippen LogP contribution in [-0.4, -0.2) is 45.6 Å². The monoisotopic (exact) mass is 237 g/mol. The molecule has 0 heterocycles. The predicted octanol–water partition coefficient (Wildman–Crippen LogP) is -0.287. The number of rotatable bonds is 7. The van der Waals surface area contributed by atoms with Crippen LogP contribution in [0.15, 0.2) is 0 Å². The third kappa shape index (κ3) is 4.92. The Labute approximate surface area is 90.9 Å². The topological polar surface area (TPSA) is 75.6 Å². The second-order valence-corrected chi connectivity index (χ2v) is 5.93. The fraction of sp³-hybridized carbons (Fsp3) is 1.00. The molecule has 5 nitrogen and oxygen atoms in total. The fourth-order valence-corrected chi connectivity index (χ4v) is 2.71. The van der Waals surface area contributed by atoms with Crippen LogP contribution in [0.2, 0.25) is 0 Å². The van der Waals surface area contributed by atoms with Gasteiger partial charge in [0.05, 0.1) is 11.9 Å². The van der Waals surface area contributed by atoms with Crippen LogP contribution in [-0.2, 0) is 14.8 Å². The lowest BCUT2D eigenvalue weighted by Crippen LogP contribution is -2.39. The van der Waals surface area contributed by atoms with Crippen molar-refractivity contribution in [1.29, 1.82) is 0 Å². The maximum absolute atomic E-state index is 11.4. The Bertz CT molecular complexity index is 272. The summed E-state index contributed by atoms with van der Waals surface area (Å²) in [5, 5.41) is 9.03. The van der Waals surface area contributed by atoms with Crippen LogP contribution in [0.25, 0.3) is 0 Å². The highest BCUT2D eigenvalue weighted by Gasteiger charge is 2.27. The number of aliphatic hydroxyl groups excluding tert-OH is 1. The van der Waals surface area contributed by atoms with Gasteiger partial charge in [-0.15, -0.1) is 0 Å². The molecule has 0 amide bonds. The largest absolute Gasteiger partial charge is 0.393 e. The van der Waals surface area contributed by atoms with E-state index in [2.05, 4.69) is 4.72 Å². The first-order valence-electron chi connectivity index (χ1n) is 5.18. The van der Waals surface area contributed by atoms with Crippen molar-refractivity contribution in [3.05, 3.63) is 0 Å². The number of hydrogen-bond acceptors (Lipinski definition) is 4. The summed E-state index contributed by atoms with van der Waals surface area (Å²) in [6.45, 7) is 0.912. The second-order valence-electron chi connectivity index (χ2n) is 4.00. The van der Waals surface area contributed by atoms with E-state index in [-0.39, 0.29) is 11.9 Å². The maximum Gasteiger partial charge on any atom is 0.211 e. The van der Waals surface area contributed by atoms with Crippen LogP contribution in [0.4, 0.5) is 0 Å². The Balaban J connectivity index is 2.13. The van der Waals surface area contributed by atoms with Gasteiger partial charge in [0.1, 0.15) is 0 Å². The summed E-state index contributed by atoms with van der Waals surface area (Å²) >= 11 is 0. The Kier molecular flexibility index (Phi) is 4.98. The van der Waals surface area contributed by atoms with Crippen molar-refractivity contribution in [2.45, 2.75) is 25.4 Å². The van der Waals surface area contributed by atoms with Gasteiger partial charge in [0.2, 0.25) is 10.0 Å². The summed E-state index contributed by atoms with van der Waals surface area (Å²) in [6, 6.07) is 0. The van der Waals surface area contributed by atoms with Crippen molar-refractivity contribution >= 4 is 10.0 Å². The molecule has 0 saturated heterocycles. The average Bonchev–Trinajstić information content (AvgIpc) is 2.11. The highest BCUT2D eigenvalue weighted by atomic mass is 32.2. The van der Waals surface area contributed by atoms with Crippen molar-refractivity contribution in [2.24, 2.45) is 5.92 Å². The number of nitrogens with one attached hydrogen (secondary N) is 1. The summed E-state index contributed by atoms with van der Waals surface area (Å²) < 4.78 is 30.1. The highest BCUT2D eigenvalue weighted by Crippen LogP contribution is 2.26. The van der Waals surface area contributed by atoms with E-state index in [0.717, 1.165) is 0 Å². The van der Waals surface area contributed by atoms with Crippen molar-refractivity contribution in [2.75, 3.05) is 26.0 Å². The fourth-order valence-electron chi connectivity index (χ4n) is 1.58. The minimum absolute atomic E-state index is 0.107. The molecule has 0 bridgehead atoms. The van der Waals surface area contributed by atoms with E-state index in [1.165, 1.54) is 0 Å². The zero-order chi connectivity index (χ0) is 11.3. The van der Waals surface area contributed by atoms with Crippen molar-refractivity contribution in [3.63, 3.8) is 0 Å². The van der Waals surface area contributed by atoms with Crippen molar-refractivity contribution in [3.8, 4) is 0 Å². The third-order valence-electron chi connectivity index (χ3n) is 2.56. The Hall–Kier alpha value is -0.170. The number of aliphatic hydroxyl groups is 1. The molecule has 0 unspecified atom stereocenters. The zero-order valence-corrected chi connectivity index (χ0v) is 9.79. The highest BCUT2D eigenvalue weighted by molar-refractivity contribution is 7.89. The van der Waals surface area contributed by atoms with Crippen LogP contribution >= 0.6 is 0 Å². The summed E-state index contributed by atoms with van der Waals surface area (Å²) in [4.78, 5) is 0. The number of ether oxygens (including phenoxy) is 1. The standard InChI is InChI=1S/C9H19NO4S/c1-14-3-2-4-15(12,13)10-7-8-5-9(11)6-8/h8-11H,2-7H2,1H3. The number of hydrogen-bond donors (Lipinski definition) is 2. The van der Waals surface area contributed by atoms with E-state index in [4.69, 9.17) is 9.84 Å². The average molecular weight is 237 g/mol. The minimum Gasteiger partial charge on any atom is -0.393 e. The predicted molar refractivity (Wildman–Crippen MR) is 57.0 cm³/mol. The minimum atomic E-state index is -3.15. The van der Waals surface area contributed by atoms with Gasteiger partial charge in [-0.3, -0.25) is 0 Å². The van der Waals surface area contributed by atoms with E-state index in [0.29, 0.717) is 38.3 Å². The van der Waals surface area contributed by atoms with Crippen LogP contribution in [0.5, 0.6) is 0 Å². The molecule has 1 rings (SSSR count). The number of sulfonamides is 1. The molecule has 1 aliphatic rings. The van der Waals surface area contributed by atoms with Gasteiger partial charge in [-0.05, 0) is 25.2 Å². The van der Waals surface area contributed by atoms with Crippen LogP contribution in [0.1, 0.15) is 19.3 Å². The molecule has 0 aromatic carbocycles. The third-order valence-corrected chi connectivity index (χ3v) is 4.00. The molecule has 1 fully saturated rings. The van der Waals surface area contributed by atoms with Crippen molar-refractivity contribution < 1.29 is 18.3 Å². The number of methoxy groups -OCH3 is 1. The van der Waals surface area contributed by atoms with Gasteiger partial charge in [0.15, 0.2) is 0 Å². The van der Waals surface area contributed by atoms with Crippen LogP contribution in [0, 0.1) is 5.92 Å². The summed E-state index contributed by atoms with van der Waals surface area (Å²) in [7, 11) is -1.60. The lowest BCUT2D eigenvalue weighted by Gasteiger charge is -2.31. The Morgan fingerprint density at radius 3 is 2.67 bits per heavy atom. The van der Waals surface area contributed by atoms with Gasteiger partial charge in [-0.2, -0.15) is 0 Å². The van der Waals surface area contributed by atoms with Gasteiger partial charge in [0, 0.05) is 20.3 Å². The summed E-state index contributed by atoms with van der Waals surface area (Å²) in [5.74, 6) is 0.410. The molecule has 0 aromatic rings. The molecule has 1 aliphatic carbocycles. The van der Waals surface area contributed by atoms with Crippen LogP contribution in [0.3, 0.4) is 0 Å². The van der Waals surface area contributed by atoms with E-state index in [1.807, 2.05) is 0 Å². The van der Waals surface area contributed by atoms with E-state index in [9.17, 15) is 8.42 Å². The zero-order valence-electron chi connectivity index (χ0n) is 8.98. The van der Waals surface area contributed by atoms with Gasteiger partial charge >= 0.3 is 0 Å². The van der Waals surface area contributed by atoms with E-state index >= 15 is 0 Å². The van der Waals surface area contributed by atoms with Crippen LogP contribution < -0.4 is 4.72 Å². The van der Waals surface area contributed by atoms with Gasteiger partial charge in [-0.1, -0.05) is 0 Å². The first-order valence-corrected chi connectivity index (χ1v) is 6.83. The second kappa shape index (κ2) is 5.79. The molecular weight excluding hydrogens is 218 g/mol. The molecule has 2 N–H and O–H groups in total. The van der Waals surface area contributed by atoms with Gasteiger partial charge < -0.3 is 9.84 Å². The Morgan fingerprint density at radius 2 is 2.13 bits per heavy atom. The maximum atomic E-state index is 11.4. The first-order chi connectivity index (χ1) is 7.03.